The number of carbonyl (C=O) groups excluding carboxylic acids is 1. The Hall–Kier alpha value is -3.10. The molecule has 1 amide bonds. The van der Waals surface area contributed by atoms with Crippen LogP contribution in [0.15, 0.2) is 60.1 Å². The number of ether oxygens (including phenoxy) is 1. The van der Waals surface area contributed by atoms with Crippen LogP contribution < -0.4 is 11.1 Å². The summed E-state index contributed by atoms with van der Waals surface area (Å²) in [6.45, 7) is 8.26. The van der Waals surface area contributed by atoms with Crippen LogP contribution in [0.25, 0.3) is 6.08 Å². The minimum absolute atomic E-state index is 0.0138. The van der Waals surface area contributed by atoms with E-state index in [0.29, 0.717) is 5.56 Å². The number of alkyl carbamates (subject to hydrolysis) is 1. The van der Waals surface area contributed by atoms with E-state index in [9.17, 15) is 4.79 Å². The second-order valence-electron chi connectivity index (χ2n) is 8.76. The van der Waals surface area contributed by atoms with E-state index < -0.39 is 24.4 Å². The first kappa shape index (κ1) is 23.6. The average molecular weight is 435 g/mol. The zero-order valence-electron chi connectivity index (χ0n) is 19.0. The minimum atomic E-state index is -0.643. The van der Waals surface area contributed by atoms with Gasteiger partial charge >= 0.3 is 13.2 Å². The highest BCUT2D eigenvalue weighted by molar-refractivity contribution is 6.56. The third kappa shape index (κ3) is 5.78. The zero-order chi connectivity index (χ0) is 23.4. The highest BCUT2D eigenvalue weighted by Crippen LogP contribution is 2.38. The van der Waals surface area contributed by atoms with Gasteiger partial charge in [0.15, 0.2) is 0 Å². The van der Waals surface area contributed by atoms with Crippen molar-refractivity contribution in [3.05, 3.63) is 76.8 Å². The van der Waals surface area contributed by atoms with Gasteiger partial charge in [-0.3, -0.25) is 5.41 Å². The summed E-state index contributed by atoms with van der Waals surface area (Å²) in [7, 11) is -0.643. The molecule has 3 rings (SSSR count). The number of carbonyl (C=O) groups is 1. The molecular weight excluding hydrogens is 405 g/mol. The van der Waals surface area contributed by atoms with Gasteiger partial charge in [-0.1, -0.05) is 54.6 Å². The van der Waals surface area contributed by atoms with E-state index in [-0.39, 0.29) is 19.0 Å². The number of nitrogens with one attached hydrogen (secondary N) is 2. The van der Waals surface area contributed by atoms with Crippen LogP contribution in [-0.2, 0) is 20.7 Å². The summed E-state index contributed by atoms with van der Waals surface area (Å²) in [5.41, 5.74) is 7.65. The van der Waals surface area contributed by atoms with Crippen LogP contribution in [0.1, 0.15) is 44.4 Å². The summed E-state index contributed by atoms with van der Waals surface area (Å²) in [5.74, 6) is -0.0138. The Morgan fingerprint density at radius 3 is 2.38 bits per heavy atom. The summed E-state index contributed by atoms with van der Waals surface area (Å²) < 4.78 is 17.7. The predicted molar refractivity (Wildman–Crippen MR) is 126 cm³/mol. The molecule has 1 saturated heterocycles. The van der Waals surface area contributed by atoms with Crippen LogP contribution in [0.3, 0.4) is 0 Å². The van der Waals surface area contributed by atoms with Crippen LogP contribution >= 0.6 is 0 Å². The van der Waals surface area contributed by atoms with E-state index in [1.165, 1.54) is 0 Å². The van der Waals surface area contributed by atoms with Crippen molar-refractivity contribution < 1.29 is 18.8 Å². The molecule has 8 heteroatoms. The maximum Gasteiger partial charge on any atom is 0.492 e. The molecule has 2 aromatic rings. The number of nitrogens with two attached hydrogens (primary N) is 1. The van der Waals surface area contributed by atoms with Crippen molar-refractivity contribution in [1.29, 1.82) is 5.41 Å². The van der Waals surface area contributed by atoms with Crippen LogP contribution in [-0.4, -0.2) is 36.8 Å². The number of amidine groups is 1. The van der Waals surface area contributed by atoms with Crippen molar-refractivity contribution >= 4 is 25.1 Å². The van der Waals surface area contributed by atoms with Gasteiger partial charge in [0, 0.05) is 12.1 Å². The second kappa shape index (κ2) is 9.59. The maximum absolute atomic E-state index is 12.3. The van der Waals surface area contributed by atoms with Crippen LogP contribution in [0.4, 0.5) is 4.79 Å². The number of amides is 1. The molecule has 0 aromatic heterocycles. The van der Waals surface area contributed by atoms with Gasteiger partial charge < -0.3 is 25.1 Å². The lowest BCUT2D eigenvalue weighted by molar-refractivity contribution is 0.00578. The van der Waals surface area contributed by atoms with Gasteiger partial charge in [-0.25, -0.2) is 4.79 Å². The molecule has 1 fully saturated rings. The molecule has 1 heterocycles. The average Bonchev–Trinajstić information content (AvgIpc) is 2.97. The standard InChI is InChI=1S/C24H30BN3O4/c1-23(2)24(3,4)32-25(31-23)20(14-18-11-8-12-19(13-18)21(26)27)15-28-22(29)30-16-17-9-6-5-7-10-17/h5-14H,15-16H2,1-4H3,(H3,26,27)(H,28,29). The summed E-state index contributed by atoms with van der Waals surface area (Å²) >= 11 is 0. The lowest BCUT2D eigenvalue weighted by Gasteiger charge is -2.32. The molecule has 0 spiro atoms. The third-order valence-electron chi connectivity index (χ3n) is 5.76. The smallest absolute Gasteiger partial charge is 0.445 e. The van der Waals surface area contributed by atoms with Gasteiger partial charge in [-0.15, -0.1) is 0 Å². The first-order valence-corrected chi connectivity index (χ1v) is 10.5. The first-order chi connectivity index (χ1) is 15.1. The van der Waals surface area contributed by atoms with Gasteiger partial charge in [-0.05, 0) is 50.4 Å². The fourth-order valence-corrected chi connectivity index (χ4v) is 3.16. The molecule has 2 aromatic carbocycles. The van der Waals surface area contributed by atoms with Crippen LogP contribution in [0, 0.1) is 5.41 Å². The summed E-state index contributed by atoms with van der Waals surface area (Å²) in [4.78, 5) is 12.3. The van der Waals surface area contributed by atoms with E-state index in [2.05, 4.69) is 5.32 Å². The molecule has 0 bridgehead atoms. The fourth-order valence-electron chi connectivity index (χ4n) is 3.16. The molecule has 32 heavy (non-hydrogen) atoms. The number of benzene rings is 2. The van der Waals surface area contributed by atoms with Crippen LogP contribution in [0.5, 0.6) is 0 Å². The molecule has 1 aliphatic rings. The van der Waals surface area contributed by atoms with E-state index >= 15 is 0 Å². The van der Waals surface area contributed by atoms with Crippen molar-refractivity contribution in [2.45, 2.75) is 45.5 Å². The Labute approximate surface area is 189 Å². The van der Waals surface area contributed by atoms with Gasteiger partial charge in [-0.2, -0.15) is 0 Å². The monoisotopic (exact) mass is 435 g/mol. The second-order valence-corrected chi connectivity index (χ2v) is 8.76. The highest BCUT2D eigenvalue weighted by atomic mass is 16.7. The number of hydrogen-bond donors (Lipinski definition) is 3. The third-order valence-corrected chi connectivity index (χ3v) is 5.76. The SMILES string of the molecule is CC1(C)OB(C(=Cc2cccc(C(=N)N)c2)CNC(=O)OCc2ccccc2)OC1(C)C. The van der Waals surface area contributed by atoms with Gasteiger partial charge in [0.1, 0.15) is 12.4 Å². The quantitative estimate of drug-likeness (QED) is 0.347. The van der Waals surface area contributed by atoms with E-state index in [1.807, 2.05) is 76.2 Å². The lowest BCUT2D eigenvalue weighted by Crippen LogP contribution is -2.41. The van der Waals surface area contributed by atoms with Crippen molar-refractivity contribution in [2.75, 3.05) is 6.54 Å². The fraction of sp³-hybridized carbons (Fsp3) is 0.333. The first-order valence-electron chi connectivity index (χ1n) is 10.5. The number of nitrogen functional groups attached to an aromatic ring is 1. The molecule has 0 aliphatic carbocycles. The number of hydrogen-bond acceptors (Lipinski definition) is 5. The Bertz CT molecular complexity index is 989. The van der Waals surface area contributed by atoms with Crippen molar-refractivity contribution in [3.63, 3.8) is 0 Å². The molecule has 168 valence electrons. The largest absolute Gasteiger partial charge is 0.492 e. The Balaban J connectivity index is 1.76. The molecule has 0 radical (unpaired) electrons. The summed E-state index contributed by atoms with van der Waals surface area (Å²) in [6, 6.07) is 16.8. The molecular formula is C24H30BN3O4. The van der Waals surface area contributed by atoms with Crippen molar-refractivity contribution in [2.24, 2.45) is 5.73 Å². The van der Waals surface area contributed by atoms with Crippen molar-refractivity contribution in [1.82, 2.24) is 5.32 Å². The van der Waals surface area contributed by atoms with Crippen molar-refractivity contribution in [3.8, 4) is 0 Å². The molecule has 0 atom stereocenters. The molecule has 1 aliphatic heterocycles. The highest BCUT2D eigenvalue weighted by Gasteiger charge is 2.52. The number of rotatable bonds is 7. The summed E-state index contributed by atoms with van der Waals surface area (Å²) in [5, 5.41) is 10.5. The Morgan fingerprint density at radius 2 is 1.75 bits per heavy atom. The van der Waals surface area contributed by atoms with E-state index in [4.69, 9.17) is 25.2 Å². The maximum atomic E-state index is 12.3. The van der Waals surface area contributed by atoms with E-state index in [0.717, 1.165) is 16.6 Å². The Kier molecular flexibility index (Phi) is 7.06. The summed E-state index contributed by atoms with van der Waals surface area (Å²) in [6.07, 6.45) is 1.35. The zero-order valence-corrected chi connectivity index (χ0v) is 19.0. The topological polar surface area (TPSA) is 107 Å². The van der Waals surface area contributed by atoms with Gasteiger partial charge in [0.05, 0.1) is 11.2 Å². The normalized spacial score (nSPS) is 17.1. The van der Waals surface area contributed by atoms with Crippen LogP contribution in [0.2, 0.25) is 0 Å². The van der Waals surface area contributed by atoms with Gasteiger partial charge in [0.2, 0.25) is 0 Å². The van der Waals surface area contributed by atoms with Gasteiger partial charge in [0.25, 0.3) is 0 Å². The molecule has 4 N–H and O–H groups in total. The molecule has 7 nitrogen and oxygen atoms in total. The molecule has 0 saturated carbocycles. The minimum Gasteiger partial charge on any atom is -0.445 e. The molecule has 0 unspecified atom stereocenters. The lowest BCUT2D eigenvalue weighted by atomic mass is 9.77. The Morgan fingerprint density at radius 1 is 1.09 bits per heavy atom. The predicted octanol–water partition coefficient (Wildman–Crippen LogP) is 3.91. The van der Waals surface area contributed by atoms with E-state index in [1.54, 1.807) is 12.1 Å².